The summed E-state index contributed by atoms with van der Waals surface area (Å²) >= 11 is 0. The van der Waals surface area contributed by atoms with Crippen LogP contribution in [0.2, 0.25) is 0 Å². The van der Waals surface area contributed by atoms with E-state index in [4.69, 9.17) is 5.73 Å². The lowest BCUT2D eigenvalue weighted by Crippen LogP contribution is -2.61. The molecule has 7 nitrogen and oxygen atoms in total. The van der Waals surface area contributed by atoms with Crippen LogP contribution in [0.4, 0.5) is 5.82 Å². The highest BCUT2D eigenvalue weighted by molar-refractivity contribution is 5.85. The zero-order valence-corrected chi connectivity index (χ0v) is 18.7. The number of carbonyl (C=O) groups is 2. The highest BCUT2D eigenvalue weighted by atomic mass is 16.2. The first kappa shape index (κ1) is 23.1. The molecule has 1 aromatic heterocycles. The highest BCUT2D eigenvalue weighted by Crippen LogP contribution is 2.31. The predicted octanol–water partition coefficient (Wildman–Crippen LogP) is 2.46. The van der Waals surface area contributed by atoms with Gasteiger partial charge in [0.05, 0.1) is 12.0 Å². The summed E-state index contributed by atoms with van der Waals surface area (Å²) in [5.41, 5.74) is 5.06. The van der Waals surface area contributed by atoms with Crippen molar-refractivity contribution >= 4 is 17.6 Å². The SMILES string of the molecule is CC1CCCC(C)N1CC(=O)NC(C)(C)C(C)(C)C(=O)NCc1ccnc(N)c1. The van der Waals surface area contributed by atoms with Gasteiger partial charge < -0.3 is 16.4 Å². The maximum atomic E-state index is 12.9. The molecule has 2 unspecified atom stereocenters. The van der Waals surface area contributed by atoms with Crippen LogP contribution in [0.15, 0.2) is 18.3 Å². The number of hydrogen-bond acceptors (Lipinski definition) is 5. The van der Waals surface area contributed by atoms with Crippen molar-refractivity contribution in [3.05, 3.63) is 23.9 Å². The maximum absolute atomic E-state index is 12.9. The zero-order valence-electron chi connectivity index (χ0n) is 18.7. The van der Waals surface area contributed by atoms with Gasteiger partial charge in [-0.05, 0) is 72.1 Å². The van der Waals surface area contributed by atoms with Gasteiger partial charge in [-0.25, -0.2) is 4.98 Å². The van der Waals surface area contributed by atoms with Crippen LogP contribution in [0.1, 0.15) is 66.4 Å². The molecule has 2 rings (SSSR count). The molecule has 1 saturated heterocycles. The van der Waals surface area contributed by atoms with Crippen LogP contribution in [-0.4, -0.2) is 45.9 Å². The Labute approximate surface area is 174 Å². The van der Waals surface area contributed by atoms with Crippen LogP contribution >= 0.6 is 0 Å². The average molecular weight is 404 g/mol. The first-order valence-corrected chi connectivity index (χ1v) is 10.5. The molecule has 7 heteroatoms. The van der Waals surface area contributed by atoms with Crippen LogP contribution < -0.4 is 16.4 Å². The first-order valence-electron chi connectivity index (χ1n) is 10.5. The number of nitrogen functional groups attached to an aromatic ring is 1. The van der Waals surface area contributed by atoms with Crippen LogP contribution in [0.5, 0.6) is 0 Å². The topological polar surface area (TPSA) is 100 Å². The number of nitrogens with one attached hydrogen (secondary N) is 2. The minimum absolute atomic E-state index is 0.0432. The minimum atomic E-state index is -0.805. The maximum Gasteiger partial charge on any atom is 0.234 e. The van der Waals surface area contributed by atoms with E-state index in [0.29, 0.717) is 31.0 Å². The van der Waals surface area contributed by atoms with E-state index < -0.39 is 11.0 Å². The second-order valence-electron chi connectivity index (χ2n) is 9.37. The lowest BCUT2D eigenvalue weighted by Gasteiger charge is -2.43. The van der Waals surface area contributed by atoms with Crippen molar-refractivity contribution in [2.75, 3.05) is 12.3 Å². The molecule has 0 aliphatic carbocycles. The normalized spacial score (nSPS) is 20.9. The fourth-order valence-electron chi connectivity index (χ4n) is 3.79. The highest BCUT2D eigenvalue weighted by Gasteiger charge is 2.44. The largest absolute Gasteiger partial charge is 0.384 e. The molecule has 0 bridgehead atoms. The van der Waals surface area contributed by atoms with Crippen molar-refractivity contribution in [3.63, 3.8) is 0 Å². The molecule has 4 N–H and O–H groups in total. The van der Waals surface area contributed by atoms with Crippen molar-refractivity contribution in [2.24, 2.45) is 5.41 Å². The van der Waals surface area contributed by atoms with Gasteiger partial charge in [-0.3, -0.25) is 14.5 Å². The smallest absolute Gasteiger partial charge is 0.234 e. The van der Waals surface area contributed by atoms with E-state index in [9.17, 15) is 9.59 Å². The van der Waals surface area contributed by atoms with Gasteiger partial charge in [0, 0.05) is 30.4 Å². The van der Waals surface area contributed by atoms with Gasteiger partial charge in [-0.2, -0.15) is 0 Å². The molecular weight excluding hydrogens is 366 g/mol. The number of nitrogens with two attached hydrogens (primary N) is 1. The minimum Gasteiger partial charge on any atom is -0.384 e. The van der Waals surface area contributed by atoms with Gasteiger partial charge >= 0.3 is 0 Å². The molecule has 0 radical (unpaired) electrons. The quantitative estimate of drug-likeness (QED) is 0.649. The van der Waals surface area contributed by atoms with Gasteiger partial charge in [0.15, 0.2) is 0 Å². The van der Waals surface area contributed by atoms with Crippen LogP contribution in [0.25, 0.3) is 0 Å². The van der Waals surface area contributed by atoms with E-state index >= 15 is 0 Å². The molecule has 29 heavy (non-hydrogen) atoms. The number of anilines is 1. The van der Waals surface area contributed by atoms with Crippen molar-refractivity contribution in [1.82, 2.24) is 20.5 Å². The summed E-state index contributed by atoms with van der Waals surface area (Å²) in [6, 6.07) is 4.35. The lowest BCUT2D eigenvalue weighted by molar-refractivity contribution is -0.136. The molecule has 162 valence electrons. The number of rotatable bonds is 7. The summed E-state index contributed by atoms with van der Waals surface area (Å²) in [6.45, 7) is 12.6. The Morgan fingerprint density at radius 1 is 1.21 bits per heavy atom. The van der Waals surface area contributed by atoms with Crippen molar-refractivity contribution in [2.45, 2.75) is 85.0 Å². The van der Waals surface area contributed by atoms with Gasteiger partial charge in [-0.15, -0.1) is 0 Å². The Hall–Kier alpha value is -2.15. The number of nitrogens with zero attached hydrogens (tertiary/aromatic N) is 2. The predicted molar refractivity (Wildman–Crippen MR) is 116 cm³/mol. The summed E-state index contributed by atoms with van der Waals surface area (Å²) in [5.74, 6) is 0.251. The summed E-state index contributed by atoms with van der Waals surface area (Å²) in [7, 11) is 0. The van der Waals surface area contributed by atoms with Crippen molar-refractivity contribution < 1.29 is 9.59 Å². The zero-order chi connectivity index (χ0) is 21.8. The number of carbonyl (C=O) groups excluding carboxylic acids is 2. The second-order valence-corrected chi connectivity index (χ2v) is 9.37. The molecule has 2 heterocycles. The fraction of sp³-hybridized carbons (Fsp3) is 0.682. The number of amides is 2. The van der Waals surface area contributed by atoms with E-state index in [1.54, 1.807) is 12.3 Å². The molecule has 0 saturated carbocycles. The molecule has 1 fully saturated rings. The fourth-order valence-corrected chi connectivity index (χ4v) is 3.79. The number of piperidine rings is 1. The second kappa shape index (κ2) is 9.11. The van der Waals surface area contributed by atoms with E-state index in [-0.39, 0.29) is 11.8 Å². The summed E-state index contributed by atoms with van der Waals surface area (Å²) in [6.07, 6.45) is 5.07. The van der Waals surface area contributed by atoms with Crippen molar-refractivity contribution in [1.29, 1.82) is 0 Å². The number of likely N-dealkylation sites (tertiary alicyclic amines) is 1. The van der Waals surface area contributed by atoms with Crippen LogP contribution in [-0.2, 0) is 16.1 Å². The van der Waals surface area contributed by atoms with Gasteiger partial charge in [0.2, 0.25) is 11.8 Å². The Morgan fingerprint density at radius 3 is 2.41 bits per heavy atom. The van der Waals surface area contributed by atoms with Crippen LogP contribution in [0.3, 0.4) is 0 Å². The Kier molecular flexibility index (Phi) is 7.27. The van der Waals surface area contributed by atoms with Gasteiger partial charge in [0.25, 0.3) is 0 Å². The lowest BCUT2D eigenvalue weighted by atomic mass is 9.73. The summed E-state index contributed by atoms with van der Waals surface area (Å²) in [4.78, 5) is 31.9. The third kappa shape index (κ3) is 5.69. The molecule has 2 atom stereocenters. The number of pyridine rings is 1. The number of hydrogen-bond donors (Lipinski definition) is 3. The molecule has 1 aliphatic heterocycles. The molecule has 1 aliphatic rings. The van der Waals surface area contributed by atoms with E-state index in [1.165, 1.54) is 6.42 Å². The summed E-state index contributed by atoms with van der Waals surface area (Å²) < 4.78 is 0. The molecule has 0 spiro atoms. The third-order valence-electron chi connectivity index (χ3n) is 6.58. The van der Waals surface area contributed by atoms with Gasteiger partial charge in [0.1, 0.15) is 5.82 Å². The standard InChI is InChI=1S/C22H37N5O2/c1-15-8-7-9-16(2)27(15)14-19(28)26-22(5,6)21(3,4)20(29)25-13-17-10-11-24-18(23)12-17/h10-12,15-16H,7-9,13-14H2,1-6H3,(H2,23,24)(H,25,29)(H,26,28). The molecule has 0 aromatic carbocycles. The van der Waals surface area contributed by atoms with Gasteiger partial charge in [-0.1, -0.05) is 6.42 Å². The summed E-state index contributed by atoms with van der Waals surface area (Å²) in [5, 5.41) is 6.06. The van der Waals surface area contributed by atoms with E-state index in [2.05, 4.69) is 34.4 Å². The van der Waals surface area contributed by atoms with E-state index in [1.807, 2.05) is 33.8 Å². The van der Waals surface area contributed by atoms with E-state index in [0.717, 1.165) is 18.4 Å². The molecular formula is C22H37N5O2. The Morgan fingerprint density at radius 2 is 1.83 bits per heavy atom. The van der Waals surface area contributed by atoms with Crippen LogP contribution in [0, 0.1) is 5.41 Å². The average Bonchev–Trinajstić information content (AvgIpc) is 2.62. The Bertz CT molecular complexity index is 722. The number of aromatic nitrogens is 1. The Balaban J connectivity index is 1.97. The first-order chi connectivity index (χ1) is 13.4. The molecule has 2 amide bonds. The third-order valence-corrected chi connectivity index (χ3v) is 6.58. The monoisotopic (exact) mass is 403 g/mol. The van der Waals surface area contributed by atoms with Crippen molar-refractivity contribution in [3.8, 4) is 0 Å². The molecule has 1 aromatic rings.